The third kappa shape index (κ3) is 11.7. The van der Waals surface area contributed by atoms with Crippen molar-refractivity contribution in [2.75, 3.05) is 0 Å². The van der Waals surface area contributed by atoms with E-state index in [1.165, 1.54) is 157 Å². The number of carbonyl (C=O) groups is 1. The zero-order chi connectivity index (χ0) is 39.3. The Balaban J connectivity index is 1.03. The van der Waals surface area contributed by atoms with Crippen LogP contribution in [0.3, 0.4) is 0 Å². The maximum atomic E-state index is 13.5. The number of fused-ring (bicyclic) bond motifs is 1. The molecule has 1 aliphatic rings. The molecule has 5 aromatic rings. The Labute approximate surface area is 367 Å². The van der Waals surface area contributed by atoms with Crippen molar-refractivity contribution in [1.82, 2.24) is 4.98 Å². The Morgan fingerprint density at radius 1 is 0.536 bits per heavy atom. The van der Waals surface area contributed by atoms with Crippen LogP contribution in [0.2, 0.25) is 0 Å². The van der Waals surface area contributed by atoms with Crippen LogP contribution in [0.25, 0.3) is 30.1 Å². The summed E-state index contributed by atoms with van der Waals surface area (Å²) in [5, 5.41) is 11.2. The van der Waals surface area contributed by atoms with E-state index in [2.05, 4.69) is 86.0 Å². The SMILES string of the molecule is CCCCCCCCCCCCc1cc(-c2ccc(C3=NC(=O)c4c(-c5ccc(-c6cc(CCCCCCCCCCCC)c(Br)s6)s5)[nH]c(O)c43)s2)sc1Br. The van der Waals surface area contributed by atoms with Crippen LogP contribution in [0.15, 0.2) is 49.0 Å². The number of aryl methyl sites for hydroxylation is 2. The number of nitrogens with zero attached hydrogens (tertiary/aromatic N) is 1. The van der Waals surface area contributed by atoms with Gasteiger partial charge in [0.05, 0.1) is 39.9 Å². The number of aromatic nitrogens is 1. The average Bonchev–Trinajstić information content (AvgIpc) is 4.05. The highest BCUT2D eigenvalue weighted by atomic mass is 79.9. The molecule has 6 heterocycles. The number of hydrogen-bond donors (Lipinski definition) is 2. The standard InChI is InChI=1S/C46H58Br2N2O2S4/c1-3-5-7-9-11-13-15-17-19-21-23-31-29-37(55-43(31)47)33-25-27-35(53-33)41-39-40(46(52)49-41)42(50-45(39)51)36-28-26-34(54-36)38-30-32(44(48)56-38)24-22-20-18-16-14-12-10-8-6-4-2/h25-30,49,52H,3-24H2,1-2H3. The number of unbranched alkanes of at least 4 members (excludes halogenated alkanes) is 18. The highest BCUT2D eigenvalue weighted by Crippen LogP contribution is 2.46. The second kappa shape index (κ2) is 22.5. The number of aliphatic imine (C=N–C) groups is 1. The summed E-state index contributed by atoms with van der Waals surface area (Å²) in [6, 6.07) is 13.0. The first-order valence-electron chi connectivity index (χ1n) is 21.2. The van der Waals surface area contributed by atoms with Gasteiger partial charge in [-0.3, -0.25) is 4.79 Å². The first kappa shape index (κ1) is 43.8. The van der Waals surface area contributed by atoms with Crippen LogP contribution >= 0.6 is 77.2 Å². The van der Waals surface area contributed by atoms with Gasteiger partial charge in [0.1, 0.15) is 0 Å². The molecule has 10 heteroatoms. The van der Waals surface area contributed by atoms with E-state index in [0.717, 1.165) is 32.4 Å². The normalized spacial score (nSPS) is 12.6. The first-order valence-corrected chi connectivity index (χ1v) is 26.1. The second-order valence-corrected chi connectivity index (χ2v) is 22.3. The number of rotatable bonds is 26. The molecule has 0 atom stereocenters. The molecule has 0 bridgehead atoms. The molecule has 0 aliphatic carbocycles. The lowest BCUT2D eigenvalue weighted by molar-refractivity contribution is 0.101. The maximum Gasteiger partial charge on any atom is 0.280 e. The molecular formula is C46H58Br2N2O2S4. The summed E-state index contributed by atoms with van der Waals surface area (Å²) in [7, 11) is 0. The number of halogens is 2. The van der Waals surface area contributed by atoms with Gasteiger partial charge < -0.3 is 10.1 Å². The summed E-state index contributed by atoms with van der Waals surface area (Å²) in [4.78, 5) is 27.7. The molecule has 0 saturated heterocycles. The van der Waals surface area contributed by atoms with E-state index in [0.29, 0.717) is 22.5 Å². The number of aromatic amines is 1. The van der Waals surface area contributed by atoms with E-state index in [1.807, 2.05) is 6.07 Å². The summed E-state index contributed by atoms with van der Waals surface area (Å²) in [6.45, 7) is 4.56. The average molecular weight is 959 g/mol. The fraction of sp³-hybridized carbons (Fsp3) is 0.522. The Hall–Kier alpha value is -1.82. The van der Waals surface area contributed by atoms with Crippen LogP contribution in [-0.2, 0) is 12.8 Å². The summed E-state index contributed by atoms with van der Waals surface area (Å²) in [6.07, 6.45) is 29.0. The predicted molar refractivity (Wildman–Crippen MR) is 253 cm³/mol. The number of amides is 1. The lowest BCUT2D eigenvalue weighted by Crippen LogP contribution is -1.96. The lowest BCUT2D eigenvalue weighted by atomic mass is 10.0. The number of aromatic hydroxyl groups is 1. The molecule has 1 aliphatic heterocycles. The summed E-state index contributed by atoms with van der Waals surface area (Å²) < 4.78 is 2.41. The molecule has 0 unspecified atom stereocenters. The molecule has 6 rings (SSSR count). The number of H-pyrrole nitrogens is 1. The van der Waals surface area contributed by atoms with Crippen LogP contribution in [0.4, 0.5) is 0 Å². The minimum absolute atomic E-state index is 0.000190. The third-order valence-corrected chi connectivity index (χ3v) is 17.4. The van der Waals surface area contributed by atoms with E-state index in [1.54, 1.807) is 45.3 Å². The number of thiophene rings is 4. The van der Waals surface area contributed by atoms with E-state index >= 15 is 0 Å². The molecule has 1 amide bonds. The predicted octanol–water partition coefficient (Wildman–Crippen LogP) is 17.4. The molecule has 2 N–H and O–H groups in total. The molecule has 56 heavy (non-hydrogen) atoms. The van der Waals surface area contributed by atoms with Gasteiger partial charge in [0.15, 0.2) is 5.88 Å². The van der Waals surface area contributed by atoms with Crippen molar-refractivity contribution < 1.29 is 9.90 Å². The molecule has 0 fully saturated rings. The van der Waals surface area contributed by atoms with Gasteiger partial charge in [-0.25, -0.2) is 4.99 Å². The van der Waals surface area contributed by atoms with Crippen molar-refractivity contribution in [2.24, 2.45) is 4.99 Å². The Morgan fingerprint density at radius 2 is 0.946 bits per heavy atom. The smallest absolute Gasteiger partial charge is 0.280 e. The van der Waals surface area contributed by atoms with Gasteiger partial charge in [0, 0.05) is 19.5 Å². The minimum Gasteiger partial charge on any atom is -0.494 e. The van der Waals surface area contributed by atoms with Crippen molar-refractivity contribution >= 4 is 88.8 Å². The Kier molecular flexibility index (Phi) is 17.6. The second-order valence-electron chi connectivity index (χ2n) is 15.4. The zero-order valence-electron chi connectivity index (χ0n) is 33.2. The summed E-state index contributed by atoms with van der Waals surface area (Å²) >= 11 is 14.5. The van der Waals surface area contributed by atoms with Crippen molar-refractivity contribution in [3.05, 3.63) is 71.1 Å². The fourth-order valence-electron chi connectivity index (χ4n) is 7.71. The molecule has 0 aromatic carbocycles. The van der Waals surface area contributed by atoms with E-state index < -0.39 is 0 Å². The minimum atomic E-state index is -0.304. The zero-order valence-corrected chi connectivity index (χ0v) is 39.7. The molecule has 4 nitrogen and oxygen atoms in total. The summed E-state index contributed by atoms with van der Waals surface area (Å²) in [5.41, 5.74) is 4.93. The first-order chi connectivity index (χ1) is 27.4. The van der Waals surface area contributed by atoms with E-state index in [-0.39, 0.29) is 11.8 Å². The monoisotopic (exact) mass is 956 g/mol. The van der Waals surface area contributed by atoms with E-state index in [9.17, 15) is 9.90 Å². The number of nitrogens with one attached hydrogen (secondary N) is 1. The molecule has 0 saturated carbocycles. The molecule has 0 radical (unpaired) electrons. The number of carbonyl (C=O) groups excluding carboxylic acids is 1. The topological polar surface area (TPSA) is 65.5 Å². The van der Waals surface area contributed by atoms with Gasteiger partial charge in [-0.05, 0) is 105 Å². The Morgan fingerprint density at radius 3 is 1.43 bits per heavy atom. The summed E-state index contributed by atoms with van der Waals surface area (Å²) in [5.74, 6) is -0.304. The highest BCUT2D eigenvalue weighted by Gasteiger charge is 2.34. The molecular weight excluding hydrogens is 901 g/mol. The Bertz CT molecular complexity index is 2030. The van der Waals surface area contributed by atoms with E-state index in [4.69, 9.17) is 0 Å². The van der Waals surface area contributed by atoms with Gasteiger partial charge in [-0.2, -0.15) is 0 Å². The van der Waals surface area contributed by atoms with Crippen molar-refractivity contribution in [3.8, 4) is 36.0 Å². The third-order valence-electron chi connectivity index (χ3n) is 10.9. The van der Waals surface area contributed by atoms with Crippen LogP contribution < -0.4 is 0 Å². The molecule has 0 spiro atoms. The van der Waals surface area contributed by atoms with Crippen molar-refractivity contribution in [3.63, 3.8) is 0 Å². The molecule has 302 valence electrons. The van der Waals surface area contributed by atoms with Crippen LogP contribution in [0, 0.1) is 0 Å². The highest BCUT2D eigenvalue weighted by molar-refractivity contribution is 9.11. The fourth-order valence-corrected chi connectivity index (χ4v) is 13.4. The number of hydrogen-bond acceptors (Lipinski definition) is 6. The largest absolute Gasteiger partial charge is 0.494 e. The van der Waals surface area contributed by atoms with Crippen molar-refractivity contribution in [1.29, 1.82) is 0 Å². The van der Waals surface area contributed by atoms with Gasteiger partial charge in [0.25, 0.3) is 5.91 Å². The quantitative estimate of drug-likeness (QED) is 0.0542. The van der Waals surface area contributed by atoms with Crippen LogP contribution in [0.5, 0.6) is 5.88 Å². The molecule has 5 aromatic heterocycles. The van der Waals surface area contributed by atoms with Gasteiger partial charge in [-0.15, -0.1) is 45.3 Å². The van der Waals surface area contributed by atoms with Crippen LogP contribution in [0.1, 0.15) is 174 Å². The van der Waals surface area contributed by atoms with Gasteiger partial charge >= 0.3 is 0 Å². The lowest BCUT2D eigenvalue weighted by Gasteiger charge is -2.02. The van der Waals surface area contributed by atoms with Gasteiger partial charge in [0.2, 0.25) is 0 Å². The maximum absolute atomic E-state index is 13.5. The van der Waals surface area contributed by atoms with Crippen LogP contribution in [-0.4, -0.2) is 21.7 Å². The van der Waals surface area contributed by atoms with Crippen molar-refractivity contribution in [2.45, 2.75) is 155 Å². The van der Waals surface area contributed by atoms with Gasteiger partial charge in [-0.1, -0.05) is 129 Å².